The van der Waals surface area contributed by atoms with Crippen molar-refractivity contribution in [3.8, 4) is 0 Å². The molecule has 0 saturated carbocycles. The second-order valence-corrected chi connectivity index (χ2v) is 4.72. The van der Waals surface area contributed by atoms with Gasteiger partial charge in [0.25, 0.3) is 0 Å². The number of amides is 1. The number of rotatable bonds is 6. The van der Waals surface area contributed by atoms with Gasteiger partial charge in [0.2, 0.25) is 5.91 Å². The summed E-state index contributed by atoms with van der Waals surface area (Å²) in [6, 6.07) is 5.15. The van der Waals surface area contributed by atoms with E-state index in [-0.39, 0.29) is 12.5 Å². The molecule has 6 heteroatoms. The Labute approximate surface area is 116 Å². The zero-order valence-electron chi connectivity index (χ0n) is 11.6. The van der Waals surface area contributed by atoms with Crippen LogP contribution in [0.1, 0.15) is 24.5 Å². The predicted molar refractivity (Wildman–Crippen MR) is 71.1 cm³/mol. The van der Waals surface area contributed by atoms with E-state index in [1.54, 1.807) is 18.0 Å². The highest BCUT2D eigenvalue weighted by atomic mass is 19.4. The second kappa shape index (κ2) is 7.28. The maximum atomic E-state index is 12.6. The molecule has 1 aromatic rings. The smallest absolute Gasteiger partial charge is 0.355 e. The fourth-order valence-electron chi connectivity index (χ4n) is 1.78. The van der Waals surface area contributed by atoms with Crippen molar-refractivity contribution in [3.63, 3.8) is 0 Å². The monoisotopic (exact) mass is 288 g/mol. The molecule has 0 spiro atoms. The molecule has 0 aliphatic heterocycles. The van der Waals surface area contributed by atoms with E-state index in [4.69, 9.17) is 0 Å². The normalized spacial score (nSPS) is 11.7. The molecule has 1 rings (SSSR count). The molecule has 112 valence electrons. The Morgan fingerprint density at radius 3 is 2.65 bits per heavy atom. The molecule has 0 fully saturated rings. The summed E-state index contributed by atoms with van der Waals surface area (Å²) in [6.45, 7) is 3.02. The number of halogens is 3. The highest BCUT2D eigenvalue weighted by molar-refractivity contribution is 5.77. The van der Waals surface area contributed by atoms with E-state index < -0.39 is 11.7 Å². The molecule has 1 aromatic carbocycles. The molecule has 0 aliphatic carbocycles. The molecule has 20 heavy (non-hydrogen) atoms. The van der Waals surface area contributed by atoms with Gasteiger partial charge >= 0.3 is 6.18 Å². The molecule has 0 atom stereocenters. The Balaban J connectivity index is 2.58. The Hall–Kier alpha value is -1.56. The quantitative estimate of drug-likeness (QED) is 0.873. The molecular weight excluding hydrogens is 269 g/mol. The van der Waals surface area contributed by atoms with E-state index >= 15 is 0 Å². The third kappa shape index (κ3) is 5.61. The second-order valence-electron chi connectivity index (χ2n) is 4.72. The topological polar surface area (TPSA) is 32.3 Å². The predicted octanol–water partition coefficient (Wildman–Crippen LogP) is 2.66. The van der Waals surface area contributed by atoms with Crippen molar-refractivity contribution in [1.29, 1.82) is 0 Å². The van der Waals surface area contributed by atoms with Crippen LogP contribution in [0.25, 0.3) is 0 Å². The molecule has 1 N–H and O–H groups in total. The van der Waals surface area contributed by atoms with Crippen LogP contribution in [0.4, 0.5) is 13.2 Å². The van der Waals surface area contributed by atoms with Crippen LogP contribution in [0, 0.1) is 0 Å². The van der Waals surface area contributed by atoms with Crippen molar-refractivity contribution >= 4 is 5.91 Å². The Morgan fingerprint density at radius 1 is 1.35 bits per heavy atom. The van der Waals surface area contributed by atoms with E-state index in [1.165, 1.54) is 6.07 Å². The summed E-state index contributed by atoms with van der Waals surface area (Å²) in [7, 11) is 1.70. The summed E-state index contributed by atoms with van der Waals surface area (Å²) in [5.74, 6) is -0.124. The maximum absolute atomic E-state index is 12.6. The zero-order valence-corrected chi connectivity index (χ0v) is 11.6. The highest BCUT2D eigenvalue weighted by Gasteiger charge is 2.30. The Bertz CT molecular complexity index is 446. The number of carbonyl (C=O) groups excluding carboxylic acids is 1. The summed E-state index contributed by atoms with van der Waals surface area (Å²) in [4.78, 5) is 13.2. The number of nitrogens with one attached hydrogen (secondary N) is 1. The minimum Gasteiger partial charge on any atom is -0.355 e. The van der Waals surface area contributed by atoms with E-state index in [1.807, 2.05) is 6.92 Å². The number of benzene rings is 1. The molecule has 0 heterocycles. The minimum atomic E-state index is -4.34. The molecule has 1 amide bonds. The fraction of sp³-hybridized carbons (Fsp3) is 0.500. The van der Waals surface area contributed by atoms with Gasteiger partial charge in [0, 0.05) is 13.1 Å². The molecule has 3 nitrogen and oxygen atoms in total. The number of alkyl halides is 3. The maximum Gasteiger partial charge on any atom is 0.416 e. The van der Waals surface area contributed by atoms with Gasteiger partial charge in [0.1, 0.15) is 0 Å². The first kappa shape index (κ1) is 16.5. The Kier molecular flexibility index (Phi) is 6.01. The van der Waals surface area contributed by atoms with Crippen LogP contribution < -0.4 is 5.32 Å². The van der Waals surface area contributed by atoms with Crippen LogP contribution in [0.3, 0.4) is 0 Å². The first-order valence-electron chi connectivity index (χ1n) is 6.44. The first-order valence-corrected chi connectivity index (χ1v) is 6.44. The summed E-state index contributed by atoms with van der Waals surface area (Å²) in [5.41, 5.74) is -0.135. The van der Waals surface area contributed by atoms with Gasteiger partial charge in [-0.15, -0.1) is 0 Å². The van der Waals surface area contributed by atoms with Crippen LogP contribution in [0.2, 0.25) is 0 Å². The summed E-state index contributed by atoms with van der Waals surface area (Å²) in [6.07, 6.45) is -3.49. The molecule has 0 bridgehead atoms. The lowest BCUT2D eigenvalue weighted by molar-refractivity contribution is -0.137. The van der Waals surface area contributed by atoms with E-state index in [0.717, 1.165) is 18.6 Å². The van der Waals surface area contributed by atoms with Gasteiger partial charge in [-0.2, -0.15) is 13.2 Å². The van der Waals surface area contributed by atoms with Gasteiger partial charge in [-0.3, -0.25) is 9.69 Å². The summed E-state index contributed by atoms with van der Waals surface area (Å²) >= 11 is 0. The number of nitrogens with zero attached hydrogens (tertiary/aromatic N) is 1. The van der Waals surface area contributed by atoms with Crippen LogP contribution in [-0.4, -0.2) is 30.9 Å². The van der Waals surface area contributed by atoms with Crippen molar-refractivity contribution in [3.05, 3.63) is 35.4 Å². The largest absolute Gasteiger partial charge is 0.416 e. The van der Waals surface area contributed by atoms with Crippen molar-refractivity contribution in [1.82, 2.24) is 10.2 Å². The lowest BCUT2D eigenvalue weighted by Gasteiger charge is -2.17. The number of hydrogen-bond donors (Lipinski definition) is 1. The van der Waals surface area contributed by atoms with Gasteiger partial charge in [-0.05, 0) is 25.1 Å². The third-order valence-electron chi connectivity index (χ3n) is 2.69. The van der Waals surface area contributed by atoms with Crippen LogP contribution in [0.15, 0.2) is 24.3 Å². The fourth-order valence-corrected chi connectivity index (χ4v) is 1.78. The molecule has 0 aliphatic rings. The van der Waals surface area contributed by atoms with E-state index in [9.17, 15) is 18.0 Å². The Morgan fingerprint density at radius 2 is 2.05 bits per heavy atom. The third-order valence-corrected chi connectivity index (χ3v) is 2.69. The van der Waals surface area contributed by atoms with Crippen molar-refractivity contribution in [2.24, 2.45) is 0 Å². The van der Waals surface area contributed by atoms with Crippen molar-refractivity contribution in [2.75, 3.05) is 20.1 Å². The number of likely N-dealkylation sites (N-methyl/N-ethyl adjacent to an activating group) is 1. The van der Waals surface area contributed by atoms with Crippen LogP contribution in [0.5, 0.6) is 0 Å². The molecular formula is C14H19F3N2O. The average Bonchev–Trinajstić information content (AvgIpc) is 2.35. The SMILES string of the molecule is CCCNC(=O)CN(C)Cc1cccc(C(F)(F)F)c1. The van der Waals surface area contributed by atoms with Gasteiger partial charge in [-0.25, -0.2) is 0 Å². The van der Waals surface area contributed by atoms with Gasteiger partial charge in [0.05, 0.1) is 12.1 Å². The molecule has 0 radical (unpaired) electrons. The van der Waals surface area contributed by atoms with Crippen LogP contribution >= 0.6 is 0 Å². The van der Waals surface area contributed by atoms with Gasteiger partial charge < -0.3 is 5.32 Å². The first-order chi connectivity index (χ1) is 9.32. The standard InChI is InChI=1S/C14H19F3N2O/c1-3-7-18-13(20)10-19(2)9-11-5-4-6-12(8-11)14(15,16)17/h4-6,8H,3,7,9-10H2,1-2H3,(H,18,20). The molecule has 0 unspecified atom stereocenters. The summed E-state index contributed by atoms with van der Waals surface area (Å²) in [5, 5.41) is 2.72. The van der Waals surface area contributed by atoms with Gasteiger partial charge in [-0.1, -0.05) is 25.1 Å². The van der Waals surface area contributed by atoms with Crippen molar-refractivity contribution < 1.29 is 18.0 Å². The van der Waals surface area contributed by atoms with Crippen molar-refractivity contribution in [2.45, 2.75) is 26.1 Å². The van der Waals surface area contributed by atoms with Gasteiger partial charge in [0.15, 0.2) is 0 Å². The van der Waals surface area contributed by atoms with E-state index in [0.29, 0.717) is 18.7 Å². The average molecular weight is 288 g/mol. The highest BCUT2D eigenvalue weighted by Crippen LogP contribution is 2.29. The zero-order chi connectivity index (χ0) is 15.2. The lowest BCUT2D eigenvalue weighted by Crippen LogP contribution is -2.35. The molecule has 0 saturated heterocycles. The minimum absolute atomic E-state index is 0.124. The summed E-state index contributed by atoms with van der Waals surface area (Å²) < 4.78 is 37.7. The number of carbonyl (C=O) groups is 1. The van der Waals surface area contributed by atoms with Crippen LogP contribution in [-0.2, 0) is 17.5 Å². The number of hydrogen-bond acceptors (Lipinski definition) is 2. The lowest BCUT2D eigenvalue weighted by atomic mass is 10.1. The van der Waals surface area contributed by atoms with E-state index in [2.05, 4.69) is 5.32 Å². The molecule has 0 aromatic heterocycles.